The molecule has 39 heavy (non-hydrogen) atoms. The van der Waals surface area contributed by atoms with Gasteiger partial charge >= 0.3 is 18.5 Å². The van der Waals surface area contributed by atoms with Gasteiger partial charge in [-0.15, -0.1) is 0 Å². The summed E-state index contributed by atoms with van der Waals surface area (Å²) in [7, 11) is 0. The number of aryl methyl sites for hydroxylation is 1. The Kier molecular flexibility index (Phi) is 10.2. The highest BCUT2D eigenvalue weighted by molar-refractivity contribution is 6.48. The third kappa shape index (κ3) is 8.94. The van der Waals surface area contributed by atoms with E-state index in [1.54, 1.807) is 0 Å². The van der Waals surface area contributed by atoms with Crippen LogP contribution in [0.4, 0.5) is 39.5 Å². The zero-order chi connectivity index (χ0) is 29.9. The Morgan fingerprint density at radius 1 is 0.872 bits per heavy atom. The van der Waals surface area contributed by atoms with Crippen molar-refractivity contribution in [1.82, 2.24) is 10.6 Å². The highest BCUT2D eigenvalue weighted by atomic mass is 35.5. The van der Waals surface area contributed by atoms with Crippen LogP contribution in [0.1, 0.15) is 33.0 Å². The van der Waals surface area contributed by atoms with Gasteiger partial charge in [0, 0.05) is 5.56 Å². The molecule has 0 spiro atoms. The highest BCUT2D eigenvalue weighted by Gasteiger charge is 2.57. The van der Waals surface area contributed by atoms with Gasteiger partial charge < -0.3 is 10.6 Å². The molecule has 4 nitrogen and oxygen atoms in total. The fourth-order valence-corrected chi connectivity index (χ4v) is 3.85. The van der Waals surface area contributed by atoms with Gasteiger partial charge in [-0.3, -0.25) is 9.59 Å². The van der Waals surface area contributed by atoms with Crippen molar-refractivity contribution in [3.05, 3.63) is 73.7 Å². The van der Waals surface area contributed by atoms with Crippen molar-refractivity contribution in [2.24, 2.45) is 0 Å². The number of benzene rings is 2. The van der Waals surface area contributed by atoms with Gasteiger partial charge in [0.05, 0.1) is 27.5 Å². The molecule has 16 heteroatoms. The van der Waals surface area contributed by atoms with Gasteiger partial charge in [0.1, 0.15) is 0 Å². The molecule has 0 radical (unpaired) electrons. The Morgan fingerprint density at radius 3 is 1.87 bits per heavy atom. The van der Waals surface area contributed by atoms with Gasteiger partial charge in [-0.1, -0.05) is 59.1 Å². The van der Waals surface area contributed by atoms with E-state index in [9.17, 15) is 49.1 Å². The van der Waals surface area contributed by atoms with Crippen molar-refractivity contribution in [3.8, 4) is 0 Å². The van der Waals surface area contributed by atoms with Gasteiger partial charge in [0.25, 0.3) is 5.91 Å². The molecule has 0 fully saturated rings. The minimum atomic E-state index is -5.81. The summed E-state index contributed by atoms with van der Waals surface area (Å²) in [5.74, 6) is -4.91. The fourth-order valence-electron chi connectivity index (χ4n) is 3.23. The highest BCUT2D eigenvalue weighted by Crippen LogP contribution is 2.41. The lowest BCUT2D eigenvalue weighted by atomic mass is 9.96. The summed E-state index contributed by atoms with van der Waals surface area (Å²) >= 11 is 17.5. The molecule has 0 aliphatic rings. The average molecular weight is 630 g/mol. The average Bonchev–Trinajstić information content (AvgIpc) is 2.77. The third-order valence-corrected chi connectivity index (χ3v) is 6.26. The molecule has 0 saturated heterocycles. The predicted molar refractivity (Wildman–Crippen MR) is 127 cm³/mol. The van der Waals surface area contributed by atoms with Crippen molar-refractivity contribution in [2.75, 3.05) is 6.54 Å². The quantitative estimate of drug-likeness (QED) is 0.244. The van der Waals surface area contributed by atoms with Crippen molar-refractivity contribution < 1.29 is 49.1 Å². The molecule has 2 amide bonds. The molecule has 214 valence electrons. The maximum atomic E-state index is 13.7. The van der Waals surface area contributed by atoms with Crippen LogP contribution in [-0.4, -0.2) is 42.9 Å². The zero-order valence-corrected chi connectivity index (χ0v) is 21.5. The van der Waals surface area contributed by atoms with Crippen molar-refractivity contribution in [3.63, 3.8) is 0 Å². The van der Waals surface area contributed by atoms with Gasteiger partial charge in [-0.2, -0.15) is 39.5 Å². The SMILES string of the molecule is Cc1cc(/C=C/C(c2cc(Cl)c(Cl)c(Cl)c2)C(F)(F)F)ccc1C(=O)NCC(=O)NC(C(F)(F)F)C(F)(F)F. The predicted octanol–water partition coefficient (Wildman–Crippen LogP) is 7.65. The summed E-state index contributed by atoms with van der Waals surface area (Å²) in [6, 6.07) is 1.58. The van der Waals surface area contributed by atoms with Crippen LogP contribution < -0.4 is 10.6 Å². The van der Waals surface area contributed by atoms with E-state index in [1.165, 1.54) is 19.1 Å². The van der Waals surface area contributed by atoms with Crippen molar-refractivity contribution >= 4 is 52.7 Å². The standard InChI is InChI=1S/C23H16Cl3F9N2O2/c1-10-6-11(3-5-14(21(27,28)29)12-7-15(24)18(26)16(25)8-12)2-4-13(10)19(39)36-9-17(38)37-20(22(30,31)32)23(33,34)35/h2-8,14,20H,9H2,1H3,(H,36,39)(H,37,38)/b5-3+. The summed E-state index contributed by atoms with van der Waals surface area (Å²) in [4.78, 5) is 23.9. The first-order chi connectivity index (χ1) is 17.7. The van der Waals surface area contributed by atoms with E-state index in [-0.39, 0.29) is 37.3 Å². The van der Waals surface area contributed by atoms with Gasteiger partial charge in [0.15, 0.2) is 0 Å². The summed E-state index contributed by atoms with van der Waals surface area (Å²) in [5.41, 5.74) is -0.0331. The van der Waals surface area contributed by atoms with E-state index in [2.05, 4.69) is 0 Å². The molecule has 0 aliphatic carbocycles. The van der Waals surface area contributed by atoms with Crippen LogP contribution in [0.25, 0.3) is 6.08 Å². The molecule has 2 N–H and O–H groups in total. The molecular formula is C23H16Cl3F9N2O2. The summed E-state index contributed by atoms with van der Waals surface area (Å²) in [6.45, 7) is 0.164. The molecule has 1 unspecified atom stereocenters. The van der Waals surface area contributed by atoms with E-state index in [0.717, 1.165) is 35.7 Å². The van der Waals surface area contributed by atoms with Crippen LogP contribution in [0.3, 0.4) is 0 Å². The largest absolute Gasteiger partial charge is 0.417 e. The first-order valence-electron chi connectivity index (χ1n) is 10.4. The Morgan fingerprint density at radius 2 is 1.41 bits per heavy atom. The molecule has 0 heterocycles. The number of allylic oxidation sites excluding steroid dienone is 1. The third-order valence-electron chi connectivity index (χ3n) is 5.06. The second kappa shape index (κ2) is 12.3. The first-order valence-corrected chi connectivity index (χ1v) is 11.6. The lowest BCUT2D eigenvalue weighted by Gasteiger charge is -2.23. The number of amides is 2. The Labute approximate surface area is 230 Å². The number of carbonyl (C=O) groups is 2. The fraction of sp³-hybridized carbons (Fsp3) is 0.304. The monoisotopic (exact) mass is 628 g/mol. The van der Waals surface area contributed by atoms with E-state index in [1.807, 2.05) is 5.32 Å². The van der Waals surface area contributed by atoms with Crippen LogP contribution >= 0.6 is 34.8 Å². The minimum absolute atomic E-state index is 0.116. The number of carbonyl (C=O) groups excluding carboxylic acids is 2. The van der Waals surface area contributed by atoms with Crippen LogP contribution in [0.5, 0.6) is 0 Å². The number of hydrogen-bond donors (Lipinski definition) is 2. The van der Waals surface area contributed by atoms with Gasteiger partial charge in [-0.25, -0.2) is 0 Å². The second-order valence-corrected chi connectivity index (χ2v) is 9.21. The zero-order valence-electron chi connectivity index (χ0n) is 19.3. The molecule has 2 aromatic rings. The molecule has 0 aliphatic heterocycles. The second-order valence-electron chi connectivity index (χ2n) is 8.02. The number of rotatable bonds is 7. The van der Waals surface area contributed by atoms with Crippen LogP contribution in [0, 0.1) is 6.92 Å². The van der Waals surface area contributed by atoms with E-state index in [0.29, 0.717) is 0 Å². The minimum Gasteiger partial charge on any atom is -0.343 e. The number of hydrogen-bond acceptors (Lipinski definition) is 2. The lowest BCUT2D eigenvalue weighted by molar-refractivity contribution is -0.257. The molecule has 0 aromatic heterocycles. The number of nitrogens with one attached hydrogen (secondary N) is 2. The van der Waals surface area contributed by atoms with E-state index in [4.69, 9.17) is 34.8 Å². The van der Waals surface area contributed by atoms with Crippen LogP contribution in [0.15, 0.2) is 36.4 Å². The summed E-state index contributed by atoms with van der Waals surface area (Å²) < 4.78 is 116. The lowest BCUT2D eigenvalue weighted by Crippen LogP contribution is -2.56. The smallest absolute Gasteiger partial charge is 0.343 e. The normalized spacial score (nSPS) is 13.6. The molecule has 1 atom stereocenters. The molecule has 0 bridgehead atoms. The molecule has 2 rings (SSSR count). The van der Waals surface area contributed by atoms with E-state index >= 15 is 0 Å². The number of halogens is 12. The molecule has 2 aromatic carbocycles. The van der Waals surface area contributed by atoms with Gasteiger partial charge in [-0.05, 0) is 41.8 Å². The number of alkyl halides is 9. The summed E-state index contributed by atoms with van der Waals surface area (Å²) in [6.07, 6.45) is -14.5. The Hall–Kier alpha value is -2.64. The maximum absolute atomic E-state index is 13.7. The Bertz CT molecular complexity index is 1220. The van der Waals surface area contributed by atoms with Crippen LogP contribution in [-0.2, 0) is 4.79 Å². The van der Waals surface area contributed by atoms with Crippen molar-refractivity contribution in [1.29, 1.82) is 0 Å². The van der Waals surface area contributed by atoms with Crippen molar-refractivity contribution in [2.45, 2.75) is 37.4 Å². The maximum Gasteiger partial charge on any atom is 0.417 e. The Balaban J connectivity index is 2.16. The topological polar surface area (TPSA) is 58.2 Å². The van der Waals surface area contributed by atoms with Crippen LogP contribution in [0.2, 0.25) is 15.1 Å². The molecule has 0 saturated carbocycles. The van der Waals surface area contributed by atoms with E-state index < -0.39 is 48.8 Å². The first kappa shape index (κ1) is 32.6. The summed E-state index contributed by atoms with van der Waals surface area (Å²) in [5, 5.41) is 2.16. The van der Waals surface area contributed by atoms with Gasteiger partial charge in [0.2, 0.25) is 11.9 Å². The molecular weight excluding hydrogens is 614 g/mol.